The minimum Gasteiger partial charge on any atom is -0.466 e. The first kappa shape index (κ1) is 22.2. The number of benzene rings is 1. The Hall–Kier alpha value is -2.47. The summed E-state index contributed by atoms with van der Waals surface area (Å²) in [6.07, 6.45) is 7.34. The second-order valence-corrected chi connectivity index (χ2v) is 8.74. The number of ether oxygens (including phenoxy) is 1. The Labute approximate surface area is 182 Å². The fourth-order valence-electron chi connectivity index (χ4n) is 3.97. The molecule has 0 spiro atoms. The van der Waals surface area contributed by atoms with E-state index in [2.05, 4.69) is 4.98 Å². The number of amides is 1. The number of likely N-dealkylation sites (tertiary alicyclic amines) is 1. The summed E-state index contributed by atoms with van der Waals surface area (Å²) in [5.74, 6) is -0.0956. The van der Waals surface area contributed by atoms with Crippen molar-refractivity contribution in [2.24, 2.45) is 5.41 Å². The number of hydrogen-bond donors (Lipinski definition) is 0. The average molecular weight is 427 g/mol. The van der Waals surface area contributed by atoms with E-state index in [4.69, 9.17) is 4.74 Å². The van der Waals surface area contributed by atoms with Crippen LogP contribution >= 0.6 is 11.3 Å². The molecule has 160 valence electrons. The zero-order valence-electron chi connectivity index (χ0n) is 17.8. The van der Waals surface area contributed by atoms with E-state index in [1.54, 1.807) is 11.3 Å². The molecule has 1 aliphatic heterocycles. The highest BCUT2D eigenvalue weighted by Crippen LogP contribution is 2.36. The zero-order chi connectivity index (χ0) is 21.4. The van der Waals surface area contributed by atoms with E-state index in [0.717, 1.165) is 29.0 Å². The molecule has 1 aromatic heterocycles. The number of aryl methyl sites for hydroxylation is 2. The molecule has 1 saturated heterocycles. The van der Waals surface area contributed by atoms with Gasteiger partial charge in [-0.25, -0.2) is 4.98 Å². The van der Waals surface area contributed by atoms with Crippen molar-refractivity contribution in [1.29, 1.82) is 0 Å². The van der Waals surface area contributed by atoms with Crippen LogP contribution in [0, 0.1) is 12.3 Å². The van der Waals surface area contributed by atoms with Crippen LogP contribution in [0.1, 0.15) is 48.7 Å². The third-order valence-corrected chi connectivity index (χ3v) is 6.66. The molecule has 5 nitrogen and oxygen atoms in total. The topological polar surface area (TPSA) is 59.5 Å². The maximum absolute atomic E-state index is 12.9. The second-order valence-electron chi connectivity index (χ2n) is 7.80. The normalized spacial score (nSPS) is 19.2. The van der Waals surface area contributed by atoms with Gasteiger partial charge < -0.3 is 9.64 Å². The fraction of sp³-hybridized carbons (Fsp3) is 0.458. The van der Waals surface area contributed by atoms with Crippen molar-refractivity contribution in [3.63, 3.8) is 0 Å². The van der Waals surface area contributed by atoms with Crippen LogP contribution in [-0.2, 0) is 20.7 Å². The summed E-state index contributed by atoms with van der Waals surface area (Å²) in [6.45, 7) is 5.27. The van der Waals surface area contributed by atoms with Crippen LogP contribution in [0.2, 0.25) is 0 Å². The first-order valence-electron chi connectivity index (χ1n) is 10.6. The summed E-state index contributed by atoms with van der Waals surface area (Å²) in [5, 5.41) is 0. The molecule has 0 N–H and O–H groups in total. The molecular weight excluding hydrogens is 396 g/mol. The van der Waals surface area contributed by atoms with Crippen LogP contribution < -0.4 is 0 Å². The Balaban J connectivity index is 1.68. The summed E-state index contributed by atoms with van der Waals surface area (Å²) in [5.41, 5.74) is 3.25. The third-order valence-electron chi connectivity index (χ3n) is 5.67. The van der Waals surface area contributed by atoms with E-state index in [1.807, 2.05) is 66.7 Å². The van der Waals surface area contributed by atoms with Crippen LogP contribution in [0.15, 0.2) is 41.9 Å². The number of esters is 1. The summed E-state index contributed by atoms with van der Waals surface area (Å²) in [6, 6.07) is 10.0. The molecule has 0 saturated carbocycles. The largest absolute Gasteiger partial charge is 0.466 e. The molecule has 2 aromatic rings. The van der Waals surface area contributed by atoms with Gasteiger partial charge in [0.1, 0.15) is 0 Å². The molecule has 30 heavy (non-hydrogen) atoms. The Kier molecular flexibility index (Phi) is 7.80. The minimum atomic E-state index is -0.671. The number of rotatable bonds is 8. The van der Waals surface area contributed by atoms with E-state index in [1.165, 1.54) is 0 Å². The van der Waals surface area contributed by atoms with Gasteiger partial charge in [-0.2, -0.15) is 0 Å². The van der Waals surface area contributed by atoms with E-state index >= 15 is 0 Å². The van der Waals surface area contributed by atoms with Gasteiger partial charge in [0, 0.05) is 24.4 Å². The lowest BCUT2D eigenvalue weighted by Gasteiger charge is -2.40. The van der Waals surface area contributed by atoms with Crippen molar-refractivity contribution in [1.82, 2.24) is 9.88 Å². The van der Waals surface area contributed by atoms with Crippen molar-refractivity contribution in [2.75, 3.05) is 19.7 Å². The molecule has 0 bridgehead atoms. The van der Waals surface area contributed by atoms with Gasteiger partial charge in [0.05, 0.1) is 23.2 Å². The van der Waals surface area contributed by atoms with Gasteiger partial charge in [-0.15, -0.1) is 11.3 Å². The van der Waals surface area contributed by atoms with Crippen LogP contribution in [0.5, 0.6) is 0 Å². The van der Waals surface area contributed by atoms with Gasteiger partial charge in [-0.3, -0.25) is 9.59 Å². The number of carbonyl (C=O) groups is 2. The summed E-state index contributed by atoms with van der Waals surface area (Å²) in [7, 11) is 0. The quantitative estimate of drug-likeness (QED) is 0.576. The van der Waals surface area contributed by atoms with Gasteiger partial charge in [-0.1, -0.05) is 42.5 Å². The number of aromatic nitrogens is 1. The zero-order valence-corrected chi connectivity index (χ0v) is 18.6. The molecule has 1 aromatic carbocycles. The van der Waals surface area contributed by atoms with E-state index in [0.29, 0.717) is 39.0 Å². The van der Waals surface area contributed by atoms with E-state index in [-0.39, 0.29) is 11.9 Å². The van der Waals surface area contributed by atoms with Gasteiger partial charge in [0.15, 0.2) is 0 Å². The average Bonchev–Trinajstić information content (AvgIpc) is 3.18. The number of piperidine rings is 1. The van der Waals surface area contributed by atoms with Crippen molar-refractivity contribution in [3.8, 4) is 0 Å². The van der Waals surface area contributed by atoms with Gasteiger partial charge in [0.25, 0.3) is 0 Å². The van der Waals surface area contributed by atoms with Gasteiger partial charge in [0.2, 0.25) is 5.91 Å². The molecule has 0 radical (unpaired) electrons. The number of carbonyl (C=O) groups excluding carboxylic acids is 2. The second kappa shape index (κ2) is 10.5. The van der Waals surface area contributed by atoms with E-state index in [9.17, 15) is 9.59 Å². The highest BCUT2D eigenvalue weighted by atomic mass is 32.1. The predicted molar refractivity (Wildman–Crippen MR) is 120 cm³/mol. The standard InChI is InChI=1S/C24H30N2O3S/c1-3-29-23(28)24(14-7-11-20-9-5-4-6-10-20)15-8-16-26(17-24)22(27)13-12-21-19(2)25-18-30-21/h4-7,9-11,18H,3,8,12-17H2,1-2H3/b11-7+. The molecule has 0 aliphatic carbocycles. The predicted octanol–water partition coefficient (Wildman–Crippen LogP) is 4.66. The first-order valence-corrected chi connectivity index (χ1v) is 11.5. The van der Waals surface area contributed by atoms with Crippen LogP contribution in [-0.4, -0.2) is 41.5 Å². The van der Waals surface area contributed by atoms with Crippen molar-refractivity contribution >= 4 is 29.3 Å². The van der Waals surface area contributed by atoms with Crippen LogP contribution in [0.3, 0.4) is 0 Å². The molecule has 1 amide bonds. The molecule has 1 atom stereocenters. The molecule has 1 aliphatic rings. The molecule has 6 heteroatoms. The highest BCUT2D eigenvalue weighted by molar-refractivity contribution is 7.09. The fourth-order valence-corrected chi connectivity index (χ4v) is 4.76. The monoisotopic (exact) mass is 426 g/mol. The first-order chi connectivity index (χ1) is 14.5. The van der Waals surface area contributed by atoms with Crippen LogP contribution in [0.4, 0.5) is 0 Å². The Morgan fingerprint density at radius 1 is 1.30 bits per heavy atom. The highest BCUT2D eigenvalue weighted by Gasteiger charge is 2.43. The number of hydrogen-bond acceptors (Lipinski definition) is 5. The maximum atomic E-state index is 12.9. The van der Waals surface area contributed by atoms with Crippen molar-refractivity contribution in [2.45, 2.75) is 46.0 Å². The van der Waals surface area contributed by atoms with Crippen LogP contribution in [0.25, 0.3) is 6.08 Å². The maximum Gasteiger partial charge on any atom is 0.314 e. The molecular formula is C24H30N2O3S. The number of nitrogens with zero attached hydrogens (tertiary/aromatic N) is 2. The Bertz CT molecular complexity index is 878. The lowest BCUT2D eigenvalue weighted by molar-refractivity contribution is -0.160. The number of allylic oxidation sites excluding steroid dienone is 1. The van der Waals surface area contributed by atoms with Crippen molar-refractivity contribution in [3.05, 3.63) is 58.1 Å². The smallest absolute Gasteiger partial charge is 0.314 e. The Morgan fingerprint density at radius 3 is 2.80 bits per heavy atom. The molecule has 3 rings (SSSR count). The Morgan fingerprint density at radius 2 is 2.10 bits per heavy atom. The van der Waals surface area contributed by atoms with Crippen molar-refractivity contribution < 1.29 is 14.3 Å². The third kappa shape index (κ3) is 5.57. The SMILES string of the molecule is CCOC(=O)C1(C/C=C/c2ccccc2)CCCN(C(=O)CCc2scnc2C)C1. The lowest BCUT2D eigenvalue weighted by atomic mass is 9.76. The summed E-state index contributed by atoms with van der Waals surface area (Å²) in [4.78, 5) is 33.1. The molecule has 1 fully saturated rings. The molecule has 2 heterocycles. The number of thiazole rings is 1. The lowest BCUT2D eigenvalue weighted by Crippen LogP contribution is -2.50. The van der Waals surface area contributed by atoms with Gasteiger partial charge in [-0.05, 0) is 45.1 Å². The minimum absolute atomic E-state index is 0.100. The summed E-state index contributed by atoms with van der Waals surface area (Å²) >= 11 is 1.59. The summed E-state index contributed by atoms with van der Waals surface area (Å²) < 4.78 is 5.43. The molecule has 1 unspecified atom stereocenters. The van der Waals surface area contributed by atoms with E-state index < -0.39 is 5.41 Å². The van der Waals surface area contributed by atoms with Gasteiger partial charge >= 0.3 is 5.97 Å².